The highest BCUT2D eigenvalue weighted by atomic mass is 16.3. The monoisotopic (exact) mass is 1170 g/mol. The second-order valence-corrected chi connectivity index (χ2v) is 20.6. The predicted octanol–water partition coefficient (Wildman–Crippen LogP) is -5.88. The summed E-state index contributed by atoms with van der Waals surface area (Å²) in [6.45, 7) is 4.59. The third-order valence-electron chi connectivity index (χ3n) is 13.9. The molecule has 1 aromatic carbocycles. The van der Waals surface area contributed by atoms with Crippen molar-refractivity contribution in [3.8, 4) is 0 Å². The number of carbonyl (C=O) groups is 11. The van der Waals surface area contributed by atoms with Crippen molar-refractivity contribution in [1.82, 2.24) is 58.5 Å². The first-order chi connectivity index (χ1) is 39.6. The van der Waals surface area contributed by atoms with Gasteiger partial charge in [-0.25, -0.2) is 0 Å². The van der Waals surface area contributed by atoms with Gasteiger partial charge in [0.2, 0.25) is 65.0 Å². The van der Waals surface area contributed by atoms with Crippen molar-refractivity contribution < 1.29 is 63.0 Å². The number of rotatable bonds is 29. The van der Waals surface area contributed by atoms with Crippen LogP contribution in [0.5, 0.6) is 0 Å². The molecule has 1 aliphatic heterocycles. The summed E-state index contributed by atoms with van der Waals surface area (Å²) in [6, 6.07) is -6.16. The zero-order valence-corrected chi connectivity index (χ0v) is 48.4. The number of benzene rings is 1. The SMILES string of the molecule is CCCCCCCC(=O)N[C@@H](CCN)C(=O)N[C@@H](CO)C(=O)N[C@@H](CCN)C(=O)N[C@H]1CCNC(=O)[C@H]([C@@H](C)O)NC(=O)[C@H](CCN)NC(=O)[C@H](CCN)NC(=O)[C@H]([C@@H](C)CC)NC(=O)C(Cc2ccccc2)NC(=O)[C@H](CCN)NC1=O. The van der Waals surface area contributed by atoms with Crippen molar-refractivity contribution in [1.29, 1.82) is 0 Å². The van der Waals surface area contributed by atoms with Gasteiger partial charge in [0.05, 0.1) is 12.7 Å². The maximum Gasteiger partial charge on any atom is 0.245 e. The zero-order chi connectivity index (χ0) is 62.0. The molecule has 468 valence electrons. The Kier molecular flexibility index (Phi) is 34.4. The third-order valence-corrected chi connectivity index (χ3v) is 13.9. The van der Waals surface area contributed by atoms with Gasteiger partial charge >= 0.3 is 0 Å². The number of aliphatic hydroxyl groups is 2. The molecule has 0 aromatic heterocycles. The standard InChI is InChI=1S/C54H94N16O13/c1-5-7-8-9-13-16-42(73)61-34(17-23-55)45(74)68-41(30-71)52(81)64-35(18-24-56)46(75)65-39-22-28-60-53(82)44(32(4)72)70-50(79)38(21-27-59)63-47(76)37(20-26-58)66-54(83)43(31(3)6-2)69-51(80)40(29-33-14-11-10-12-15-33)67-48(77)36(19-25-57)62-49(39)78/h10-12,14-15,31-32,34-41,43-44,71-72H,5-9,13,16-30,55-59H2,1-4H3,(H,60,82)(H,61,73)(H,62,78)(H,63,76)(H,64,81)(H,65,75)(H,66,83)(H,67,77)(H,68,74)(H,69,80)(H,70,79)/t31-,32+,34-,35-,36-,37-,38-,39-,40?,41-,43-,44-/m0/s1. The Hall–Kier alpha value is -6.89. The molecule has 1 unspecified atom stereocenters. The molecule has 11 amide bonds. The van der Waals surface area contributed by atoms with Gasteiger partial charge < -0.3 is 97.4 Å². The van der Waals surface area contributed by atoms with Crippen LogP contribution in [0.15, 0.2) is 30.3 Å². The van der Waals surface area contributed by atoms with Gasteiger partial charge in [-0.1, -0.05) is 83.2 Å². The van der Waals surface area contributed by atoms with Crippen molar-refractivity contribution in [2.75, 3.05) is 45.9 Å². The number of unbranched alkanes of at least 4 members (excludes halogenated alkanes) is 4. The fraction of sp³-hybridized carbons (Fsp3) is 0.685. The van der Waals surface area contributed by atoms with Gasteiger partial charge in [0.15, 0.2) is 0 Å². The highest BCUT2D eigenvalue weighted by Gasteiger charge is 2.37. The van der Waals surface area contributed by atoms with E-state index in [1.54, 1.807) is 44.2 Å². The number of nitrogens with two attached hydrogens (primary N) is 5. The highest BCUT2D eigenvalue weighted by molar-refractivity contribution is 5.99. The lowest BCUT2D eigenvalue weighted by atomic mass is 9.96. The highest BCUT2D eigenvalue weighted by Crippen LogP contribution is 2.13. The fourth-order valence-electron chi connectivity index (χ4n) is 8.81. The van der Waals surface area contributed by atoms with Gasteiger partial charge in [-0.15, -0.1) is 0 Å². The maximum absolute atomic E-state index is 14.5. The number of carbonyl (C=O) groups excluding carboxylic acids is 11. The average molecular weight is 1180 g/mol. The summed E-state index contributed by atoms with van der Waals surface area (Å²) in [7, 11) is 0. The first-order valence-corrected chi connectivity index (χ1v) is 28.8. The predicted molar refractivity (Wildman–Crippen MR) is 307 cm³/mol. The maximum atomic E-state index is 14.5. The minimum atomic E-state index is -1.68. The topological polar surface area (TPSA) is 491 Å². The van der Waals surface area contributed by atoms with E-state index < -0.39 is 157 Å². The lowest BCUT2D eigenvalue weighted by Crippen LogP contribution is -2.62. The first kappa shape index (κ1) is 72.2. The van der Waals surface area contributed by atoms with Crippen LogP contribution < -0.4 is 87.2 Å². The molecule has 2 rings (SSSR count). The Morgan fingerprint density at radius 1 is 0.566 bits per heavy atom. The number of nitrogens with one attached hydrogen (secondary N) is 11. The van der Waals surface area contributed by atoms with Crippen LogP contribution >= 0.6 is 0 Å². The molecule has 29 heteroatoms. The van der Waals surface area contributed by atoms with Crippen LogP contribution in [-0.4, -0.2) is 188 Å². The molecule has 0 saturated carbocycles. The minimum absolute atomic E-state index is 0.00882. The molecular weight excluding hydrogens is 1080 g/mol. The molecule has 0 aliphatic carbocycles. The van der Waals surface area contributed by atoms with Crippen molar-refractivity contribution in [3.63, 3.8) is 0 Å². The first-order valence-electron chi connectivity index (χ1n) is 28.8. The minimum Gasteiger partial charge on any atom is -0.394 e. The van der Waals surface area contributed by atoms with Crippen molar-refractivity contribution in [2.24, 2.45) is 34.6 Å². The van der Waals surface area contributed by atoms with E-state index in [-0.39, 0.29) is 77.7 Å². The van der Waals surface area contributed by atoms with Gasteiger partial charge in [0.25, 0.3) is 0 Å². The lowest BCUT2D eigenvalue weighted by molar-refractivity contribution is -0.136. The Morgan fingerprint density at radius 3 is 1.58 bits per heavy atom. The molecule has 0 spiro atoms. The fourth-order valence-corrected chi connectivity index (χ4v) is 8.81. The molecule has 1 fully saturated rings. The summed E-state index contributed by atoms with van der Waals surface area (Å²) in [5, 5.41) is 49.0. The van der Waals surface area contributed by atoms with Gasteiger partial charge in [0.1, 0.15) is 60.4 Å². The van der Waals surface area contributed by atoms with Gasteiger partial charge in [-0.2, -0.15) is 0 Å². The van der Waals surface area contributed by atoms with Crippen LogP contribution in [0.25, 0.3) is 0 Å². The van der Waals surface area contributed by atoms with Gasteiger partial charge in [0, 0.05) is 19.4 Å². The summed E-state index contributed by atoms with van der Waals surface area (Å²) in [5.74, 6) is -10.3. The molecule has 0 bridgehead atoms. The summed E-state index contributed by atoms with van der Waals surface area (Å²) >= 11 is 0. The van der Waals surface area contributed by atoms with E-state index in [4.69, 9.17) is 28.7 Å². The normalized spacial score (nSPS) is 22.7. The van der Waals surface area contributed by atoms with Crippen molar-refractivity contribution in [3.05, 3.63) is 35.9 Å². The molecule has 1 saturated heterocycles. The largest absolute Gasteiger partial charge is 0.394 e. The molecule has 12 atom stereocenters. The van der Waals surface area contributed by atoms with Crippen molar-refractivity contribution >= 4 is 65.0 Å². The van der Waals surface area contributed by atoms with E-state index in [0.717, 1.165) is 25.7 Å². The van der Waals surface area contributed by atoms with Crippen LogP contribution in [0.2, 0.25) is 0 Å². The molecule has 0 radical (unpaired) electrons. The summed E-state index contributed by atoms with van der Waals surface area (Å²) in [5.41, 5.74) is 29.8. The molecule has 1 heterocycles. The van der Waals surface area contributed by atoms with Crippen LogP contribution in [0, 0.1) is 5.92 Å². The van der Waals surface area contributed by atoms with E-state index in [9.17, 15) is 63.0 Å². The van der Waals surface area contributed by atoms with E-state index in [0.29, 0.717) is 18.4 Å². The summed E-state index contributed by atoms with van der Waals surface area (Å²) in [6.07, 6.45) is 1.93. The molecule has 1 aliphatic rings. The van der Waals surface area contributed by atoms with Crippen LogP contribution in [-0.2, 0) is 59.2 Å². The third kappa shape index (κ3) is 25.6. The van der Waals surface area contributed by atoms with E-state index in [2.05, 4.69) is 65.4 Å². The second kappa shape index (κ2) is 39.6. The number of hydrogen-bond acceptors (Lipinski definition) is 18. The Labute approximate surface area is 485 Å². The van der Waals surface area contributed by atoms with Gasteiger partial charge in [-0.05, 0) is 96.1 Å². The Morgan fingerprint density at radius 2 is 1.05 bits per heavy atom. The average Bonchev–Trinajstić information content (AvgIpc) is 3.46. The Bertz CT molecular complexity index is 2250. The zero-order valence-electron chi connectivity index (χ0n) is 48.4. The summed E-state index contributed by atoms with van der Waals surface area (Å²) < 4.78 is 0. The van der Waals surface area contributed by atoms with E-state index >= 15 is 0 Å². The molecule has 83 heavy (non-hydrogen) atoms. The van der Waals surface area contributed by atoms with Crippen LogP contribution in [0.1, 0.15) is 117 Å². The number of aliphatic hydroxyl groups excluding tert-OH is 2. The van der Waals surface area contributed by atoms with Gasteiger partial charge in [-0.3, -0.25) is 52.7 Å². The van der Waals surface area contributed by atoms with E-state index in [1.165, 1.54) is 6.92 Å². The van der Waals surface area contributed by atoms with Crippen LogP contribution in [0.4, 0.5) is 0 Å². The molecule has 23 N–H and O–H groups in total. The summed E-state index contributed by atoms with van der Waals surface area (Å²) in [4.78, 5) is 153. The second-order valence-electron chi connectivity index (χ2n) is 20.6. The quantitative estimate of drug-likeness (QED) is 0.0332. The van der Waals surface area contributed by atoms with Crippen molar-refractivity contribution in [2.45, 2.75) is 184 Å². The molecular formula is C54H94N16O13. The molecule has 1 aromatic rings. The van der Waals surface area contributed by atoms with Crippen LogP contribution in [0.3, 0.4) is 0 Å². The smallest absolute Gasteiger partial charge is 0.245 e. The molecule has 29 nitrogen and oxygen atoms in total. The Balaban J connectivity index is 2.66. The lowest BCUT2D eigenvalue weighted by Gasteiger charge is -2.30. The van der Waals surface area contributed by atoms with E-state index in [1.807, 2.05) is 0 Å². The number of amides is 11. The number of hydrogen-bond donors (Lipinski definition) is 18.